The van der Waals surface area contributed by atoms with Crippen LogP contribution in [-0.2, 0) is 11.2 Å². The Morgan fingerprint density at radius 1 is 1.42 bits per heavy atom. The number of hydrogen-bond acceptors (Lipinski definition) is 4. The van der Waals surface area contributed by atoms with Crippen molar-refractivity contribution in [2.75, 3.05) is 20.1 Å². The van der Waals surface area contributed by atoms with Crippen LogP contribution in [0.5, 0.6) is 0 Å². The smallest absolute Gasteiger partial charge is 0.275 e. The van der Waals surface area contributed by atoms with Gasteiger partial charge in [-0.15, -0.1) is 0 Å². The molecule has 0 spiro atoms. The third kappa shape index (κ3) is 3.62. The first-order valence-electron chi connectivity index (χ1n) is 9.09. The van der Waals surface area contributed by atoms with Crippen LogP contribution in [0, 0.1) is 5.92 Å². The molecule has 1 saturated carbocycles. The highest BCUT2D eigenvalue weighted by Gasteiger charge is 2.36. The van der Waals surface area contributed by atoms with Gasteiger partial charge in [0.2, 0.25) is 5.91 Å². The van der Waals surface area contributed by atoms with E-state index in [4.69, 9.17) is 4.52 Å². The molecule has 3 rings (SSSR count). The van der Waals surface area contributed by atoms with E-state index in [9.17, 15) is 9.59 Å². The molecule has 1 aromatic rings. The molecular weight excluding hydrogens is 306 g/mol. The first kappa shape index (κ1) is 17.0. The van der Waals surface area contributed by atoms with Gasteiger partial charge in [-0.05, 0) is 19.3 Å². The van der Waals surface area contributed by atoms with Crippen LogP contribution in [0.15, 0.2) is 10.6 Å². The minimum Gasteiger partial charge on any atom is -0.361 e. The Kier molecular flexibility index (Phi) is 5.21. The number of rotatable bonds is 6. The average Bonchev–Trinajstić information content (AvgIpc) is 3.27. The quantitative estimate of drug-likeness (QED) is 0.802. The van der Waals surface area contributed by atoms with Gasteiger partial charge in [0.25, 0.3) is 5.91 Å². The Balaban J connectivity index is 1.55. The maximum Gasteiger partial charge on any atom is 0.275 e. The largest absolute Gasteiger partial charge is 0.361 e. The molecule has 0 radical (unpaired) electrons. The molecule has 0 unspecified atom stereocenters. The first-order valence-corrected chi connectivity index (χ1v) is 9.09. The number of aromatic nitrogens is 1. The zero-order valence-corrected chi connectivity index (χ0v) is 14.7. The normalized spacial score (nSPS) is 21.7. The Hall–Kier alpha value is -1.85. The standard InChI is InChI=1S/C18H27N3O3/c1-3-6-15-10-16(19-24-15)18(23)20(2)11-13-9-17(22)21(12-13)14-7-4-5-8-14/h10,13-14H,3-9,11-12H2,1-2H3/t13-/m0/s1. The van der Waals surface area contributed by atoms with Crippen molar-refractivity contribution in [2.45, 2.75) is 57.9 Å². The Labute approximate surface area is 143 Å². The van der Waals surface area contributed by atoms with Crippen molar-refractivity contribution in [2.24, 2.45) is 5.92 Å². The second kappa shape index (κ2) is 7.36. The van der Waals surface area contributed by atoms with Crippen LogP contribution in [0.25, 0.3) is 0 Å². The van der Waals surface area contributed by atoms with Crippen LogP contribution in [-0.4, -0.2) is 52.9 Å². The number of nitrogens with zero attached hydrogens (tertiary/aromatic N) is 3. The molecule has 2 aliphatic rings. The number of carbonyl (C=O) groups excluding carboxylic acids is 2. The van der Waals surface area contributed by atoms with Crippen molar-refractivity contribution in [1.29, 1.82) is 0 Å². The van der Waals surface area contributed by atoms with Crippen molar-refractivity contribution in [3.8, 4) is 0 Å². The number of amides is 2. The van der Waals surface area contributed by atoms with E-state index < -0.39 is 0 Å². The number of hydrogen-bond donors (Lipinski definition) is 0. The third-order valence-electron chi connectivity index (χ3n) is 5.16. The van der Waals surface area contributed by atoms with Crippen LogP contribution in [0.3, 0.4) is 0 Å². The molecule has 2 fully saturated rings. The fraction of sp³-hybridized carbons (Fsp3) is 0.722. The molecule has 132 valence electrons. The summed E-state index contributed by atoms with van der Waals surface area (Å²) in [6.45, 7) is 3.42. The summed E-state index contributed by atoms with van der Waals surface area (Å²) in [5, 5.41) is 3.88. The lowest BCUT2D eigenvalue weighted by atomic mass is 10.1. The fourth-order valence-corrected chi connectivity index (χ4v) is 3.94. The molecule has 0 N–H and O–H groups in total. The van der Waals surface area contributed by atoms with E-state index in [2.05, 4.69) is 12.1 Å². The highest BCUT2D eigenvalue weighted by Crippen LogP contribution is 2.29. The molecule has 1 aliphatic carbocycles. The van der Waals surface area contributed by atoms with Gasteiger partial charge in [-0.25, -0.2) is 0 Å². The first-order chi connectivity index (χ1) is 11.6. The second-order valence-electron chi connectivity index (χ2n) is 7.17. The minimum atomic E-state index is -0.132. The highest BCUT2D eigenvalue weighted by molar-refractivity contribution is 5.92. The Bertz CT molecular complexity index is 592. The van der Waals surface area contributed by atoms with E-state index in [1.54, 1.807) is 18.0 Å². The monoisotopic (exact) mass is 333 g/mol. The number of carbonyl (C=O) groups is 2. The van der Waals surface area contributed by atoms with E-state index in [0.29, 0.717) is 24.7 Å². The average molecular weight is 333 g/mol. The van der Waals surface area contributed by atoms with Gasteiger partial charge in [0.05, 0.1) is 0 Å². The predicted molar refractivity (Wildman–Crippen MR) is 89.5 cm³/mol. The Morgan fingerprint density at radius 2 is 2.17 bits per heavy atom. The summed E-state index contributed by atoms with van der Waals surface area (Å²) in [7, 11) is 1.78. The number of likely N-dealkylation sites (tertiary alicyclic amines) is 1. The van der Waals surface area contributed by atoms with Crippen LogP contribution >= 0.6 is 0 Å². The van der Waals surface area contributed by atoms with Gasteiger partial charge >= 0.3 is 0 Å². The maximum atomic E-state index is 12.5. The summed E-state index contributed by atoms with van der Waals surface area (Å²) in [4.78, 5) is 28.5. The molecule has 2 amide bonds. The molecule has 2 heterocycles. The SMILES string of the molecule is CCCc1cc(C(=O)N(C)C[C@@H]2CC(=O)N(C3CCCC3)C2)no1. The summed E-state index contributed by atoms with van der Waals surface area (Å²) in [6.07, 6.45) is 7.01. The van der Waals surface area contributed by atoms with Gasteiger partial charge < -0.3 is 14.3 Å². The summed E-state index contributed by atoms with van der Waals surface area (Å²) in [6, 6.07) is 2.16. The van der Waals surface area contributed by atoms with E-state index in [1.165, 1.54) is 12.8 Å². The van der Waals surface area contributed by atoms with Crippen LogP contribution < -0.4 is 0 Å². The van der Waals surface area contributed by atoms with Gasteiger partial charge in [-0.2, -0.15) is 0 Å². The zero-order chi connectivity index (χ0) is 17.1. The lowest BCUT2D eigenvalue weighted by Crippen LogP contribution is -2.36. The van der Waals surface area contributed by atoms with Crippen molar-refractivity contribution in [3.63, 3.8) is 0 Å². The van der Waals surface area contributed by atoms with Crippen LogP contribution in [0.2, 0.25) is 0 Å². The van der Waals surface area contributed by atoms with Crippen molar-refractivity contribution in [3.05, 3.63) is 17.5 Å². The van der Waals surface area contributed by atoms with Gasteiger partial charge in [0.1, 0.15) is 5.76 Å². The predicted octanol–water partition coefficient (Wildman–Crippen LogP) is 2.49. The zero-order valence-electron chi connectivity index (χ0n) is 14.7. The molecule has 24 heavy (non-hydrogen) atoms. The third-order valence-corrected chi connectivity index (χ3v) is 5.16. The lowest BCUT2D eigenvalue weighted by Gasteiger charge is -2.25. The van der Waals surface area contributed by atoms with Crippen molar-refractivity contribution in [1.82, 2.24) is 15.0 Å². The van der Waals surface area contributed by atoms with E-state index in [-0.39, 0.29) is 17.7 Å². The van der Waals surface area contributed by atoms with E-state index >= 15 is 0 Å². The molecular formula is C18H27N3O3. The summed E-state index contributed by atoms with van der Waals surface area (Å²) in [5.74, 6) is 1.08. The molecule has 0 bridgehead atoms. The Morgan fingerprint density at radius 3 is 2.88 bits per heavy atom. The summed E-state index contributed by atoms with van der Waals surface area (Å²) in [5.41, 5.74) is 0.359. The van der Waals surface area contributed by atoms with Crippen molar-refractivity contribution < 1.29 is 14.1 Å². The van der Waals surface area contributed by atoms with Gasteiger partial charge in [-0.3, -0.25) is 9.59 Å². The maximum absolute atomic E-state index is 12.5. The highest BCUT2D eigenvalue weighted by atomic mass is 16.5. The minimum absolute atomic E-state index is 0.132. The topological polar surface area (TPSA) is 66.7 Å². The molecule has 1 aromatic heterocycles. The fourth-order valence-electron chi connectivity index (χ4n) is 3.94. The second-order valence-corrected chi connectivity index (χ2v) is 7.17. The van der Waals surface area contributed by atoms with Gasteiger partial charge in [0.15, 0.2) is 5.69 Å². The summed E-state index contributed by atoms with van der Waals surface area (Å²) >= 11 is 0. The lowest BCUT2D eigenvalue weighted by molar-refractivity contribution is -0.129. The van der Waals surface area contributed by atoms with E-state index in [1.807, 2.05) is 4.90 Å². The van der Waals surface area contributed by atoms with Crippen LogP contribution in [0.4, 0.5) is 0 Å². The molecule has 1 atom stereocenters. The molecule has 1 aliphatic heterocycles. The van der Waals surface area contributed by atoms with Crippen molar-refractivity contribution >= 4 is 11.8 Å². The van der Waals surface area contributed by atoms with Gasteiger partial charge in [-0.1, -0.05) is 24.9 Å². The van der Waals surface area contributed by atoms with Crippen LogP contribution in [0.1, 0.15) is 61.7 Å². The molecule has 6 nitrogen and oxygen atoms in total. The number of aryl methyl sites for hydroxylation is 1. The molecule has 1 saturated heterocycles. The molecule has 0 aromatic carbocycles. The molecule has 6 heteroatoms. The van der Waals surface area contributed by atoms with Gasteiger partial charge in [0, 0.05) is 51.0 Å². The summed E-state index contributed by atoms with van der Waals surface area (Å²) < 4.78 is 5.19. The van der Waals surface area contributed by atoms with E-state index in [0.717, 1.165) is 38.0 Å².